The minimum atomic E-state index is -1.12. The van der Waals surface area contributed by atoms with E-state index in [-0.39, 0.29) is 17.5 Å². The fraction of sp³-hybridized carbons (Fsp3) is 0.316. The third-order valence-electron chi connectivity index (χ3n) is 3.68. The van der Waals surface area contributed by atoms with Crippen LogP contribution in [-0.2, 0) is 17.6 Å². The Labute approximate surface area is 145 Å². The first-order chi connectivity index (χ1) is 11.8. The van der Waals surface area contributed by atoms with Crippen LogP contribution in [0.2, 0.25) is 0 Å². The molecule has 1 aromatic heterocycles. The maximum absolute atomic E-state index is 12.4. The lowest BCUT2D eigenvalue weighted by molar-refractivity contribution is -0.139. The van der Waals surface area contributed by atoms with E-state index in [9.17, 15) is 19.5 Å². The van der Waals surface area contributed by atoms with Crippen molar-refractivity contribution in [2.45, 2.75) is 32.7 Å². The van der Waals surface area contributed by atoms with Gasteiger partial charge in [-0.3, -0.25) is 9.59 Å². The summed E-state index contributed by atoms with van der Waals surface area (Å²) in [6, 6.07) is 10.8. The summed E-state index contributed by atoms with van der Waals surface area (Å²) in [5.41, 5.74) is 1.25. The van der Waals surface area contributed by atoms with Crippen molar-refractivity contribution in [3.8, 4) is 0 Å². The number of amides is 1. The Morgan fingerprint density at radius 2 is 1.80 bits per heavy atom. The number of carboxylic acid groups (broad SMARTS) is 1. The molecule has 0 spiro atoms. The molecule has 0 aliphatic heterocycles. The lowest BCUT2D eigenvalue weighted by Gasteiger charge is -2.15. The lowest BCUT2D eigenvalue weighted by atomic mass is 10.0. The molecule has 0 unspecified atom stereocenters. The third kappa shape index (κ3) is 5.60. The molecule has 1 amide bonds. The molecule has 0 fully saturated rings. The molecule has 1 heterocycles. The van der Waals surface area contributed by atoms with Crippen LogP contribution in [-0.4, -0.2) is 28.0 Å². The van der Waals surface area contributed by atoms with Gasteiger partial charge in [-0.05, 0) is 24.0 Å². The Balaban J connectivity index is 2.17. The van der Waals surface area contributed by atoms with Crippen LogP contribution >= 0.6 is 0 Å². The summed E-state index contributed by atoms with van der Waals surface area (Å²) in [5.74, 6) is -1.37. The van der Waals surface area contributed by atoms with E-state index >= 15 is 0 Å². The smallest absolute Gasteiger partial charge is 0.326 e. The van der Waals surface area contributed by atoms with E-state index in [2.05, 4.69) is 10.3 Å². The van der Waals surface area contributed by atoms with Crippen LogP contribution in [0.15, 0.2) is 47.3 Å². The Hall–Kier alpha value is -2.89. The van der Waals surface area contributed by atoms with Crippen molar-refractivity contribution in [2.24, 2.45) is 5.92 Å². The maximum atomic E-state index is 12.4. The van der Waals surface area contributed by atoms with Crippen LogP contribution in [0, 0.1) is 5.92 Å². The average Bonchev–Trinajstić information content (AvgIpc) is 2.53. The second-order valence-electron chi connectivity index (χ2n) is 6.41. The van der Waals surface area contributed by atoms with Gasteiger partial charge in [-0.1, -0.05) is 44.2 Å². The van der Waals surface area contributed by atoms with Gasteiger partial charge in [0.05, 0.1) is 0 Å². The monoisotopic (exact) mass is 342 g/mol. The van der Waals surface area contributed by atoms with Crippen molar-refractivity contribution in [3.63, 3.8) is 0 Å². The molecule has 2 rings (SSSR count). The van der Waals surface area contributed by atoms with Crippen molar-refractivity contribution in [1.82, 2.24) is 10.3 Å². The molecule has 6 heteroatoms. The van der Waals surface area contributed by atoms with Gasteiger partial charge in [0.1, 0.15) is 6.04 Å². The number of hydrogen-bond acceptors (Lipinski definition) is 3. The molecule has 1 atom stereocenters. The summed E-state index contributed by atoms with van der Waals surface area (Å²) >= 11 is 0. The van der Waals surface area contributed by atoms with Crippen LogP contribution in [0.4, 0.5) is 0 Å². The van der Waals surface area contributed by atoms with E-state index < -0.39 is 17.9 Å². The molecule has 6 nitrogen and oxygen atoms in total. The number of benzene rings is 1. The summed E-state index contributed by atoms with van der Waals surface area (Å²) in [6.45, 7) is 4.01. The normalized spacial score (nSPS) is 12.0. The van der Waals surface area contributed by atoms with Gasteiger partial charge in [0.25, 0.3) is 5.91 Å². The highest BCUT2D eigenvalue weighted by molar-refractivity contribution is 5.96. The zero-order valence-electron chi connectivity index (χ0n) is 14.3. The zero-order chi connectivity index (χ0) is 18.4. The SMILES string of the molecule is CC(C)Cc1cc(C(=O)N[C@@H](Cc2ccccc2)C(=O)O)cc(=O)[nH]1. The predicted molar refractivity (Wildman–Crippen MR) is 94.6 cm³/mol. The first kappa shape index (κ1) is 18.4. The number of carbonyl (C=O) groups excluding carboxylic acids is 1. The topological polar surface area (TPSA) is 99.3 Å². The van der Waals surface area contributed by atoms with Crippen LogP contribution in [0.25, 0.3) is 0 Å². The minimum absolute atomic E-state index is 0.165. The lowest BCUT2D eigenvalue weighted by Crippen LogP contribution is -2.42. The molecule has 132 valence electrons. The van der Waals surface area contributed by atoms with Gasteiger partial charge in [-0.25, -0.2) is 4.79 Å². The molecule has 0 radical (unpaired) electrons. The molecule has 1 aromatic carbocycles. The predicted octanol–water partition coefficient (Wildman–Crippen LogP) is 2.00. The van der Waals surface area contributed by atoms with Crippen molar-refractivity contribution in [2.75, 3.05) is 0 Å². The van der Waals surface area contributed by atoms with E-state index in [0.717, 1.165) is 5.56 Å². The number of aromatic nitrogens is 1. The number of aliphatic carboxylic acids is 1. The second kappa shape index (κ2) is 8.28. The molecule has 25 heavy (non-hydrogen) atoms. The highest BCUT2D eigenvalue weighted by atomic mass is 16.4. The summed E-state index contributed by atoms with van der Waals surface area (Å²) in [5, 5.41) is 11.9. The van der Waals surface area contributed by atoms with Gasteiger partial charge in [-0.2, -0.15) is 0 Å². The number of aromatic amines is 1. The van der Waals surface area contributed by atoms with Crippen LogP contribution in [0.3, 0.4) is 0 Å². The standard InChI is InChI=1S/C19H22N2O4/c1-12(2)8-15-10-14(11-17(22)20-15)18(23)21-16(19(24)25)9-13-6-4-3-5-7-13/h3-7,10-12,16H,8-9H2,1-2H3,(H,20,22)(H,21,23)(H,24,25)/t16-/m0/s1. The van der Waals surface area contributed by atoms with E-state index in [1.165, 1.54) is 6.07 Å². The Bertz CT molecular complexity index is 797. The molecule has 2 aromatic rings. The number of carboxylic acids is 1. The van der Waals surface area contributed by atoms with E-state index in [0.29, 0.717) is 18.0 Å². The summed E-state index contributed by atoms with van der Waals surface area (Å²) < 4.78 is 0. The number of rotatable bonds is 7. The van der Waals surface area contributed by atoms with Gasteiger partial charge >= 0.3 is 5.97 Å². The van der Waals surface area contributed by atoms with Crippen molar-refractivity contribution < 1.29 is 14.7 Å². The highest BCUT2D eigenvalue weighted by Crippen LogP contribution is 2.08. The number of nitrogens with one attached hydrogen (secondary N) is 2. The largest absolute Gasteiger partial charge is 0.480 e. The van der Waals surface area contributed by atoms with E-state index in [1.54, 1.807) is 18.2 Å². The summed E-state index contributed by atoms with van der Waals surface area (Å²) in [4.78, 5) is 38.3. The van der Waals surface area contributed by atoms with Crippen LogP contribution in [0.5, 0.6) is 0 Å². The molecule has 0 aliphatic carbocycles. The summed E-state index contributed by atoms with van der Waals surface area (Å²) in [6.07, 6.45) is 0.798. The number of pyridine rings is 1. The van der Waals surface area contributed by atoms with Crippen molar-refractivity contribution >= 4 is 11.9 Å². The fourth-order valence-electron chi connectivity index (χ4n) is 2.57. The molecule has 0 saturated carbocycles. The average molecular weight is 342 g/mol. The first-order valence-corrected chi connectivity index (χ1v) is 8.16. The van der Waals surface area contributed by atoms with Gasteiger partial charge in [0, 0.05) is 23.7 Å². The zero-order valence-corrected chi connectivity index (χ0v) is 14.3. The number of H-pyrrole nitrogens is 1. The Morgan fingerprint density at radius 3 is 2.40 bits per heavy atom. The van der Waals surface area contributed by atoms with Gasteiger partial charge in [-0.15, -0.1) is 0 Å². The third-order valence-corrected chi connectivity index (χ3v) is 3.68. The maximum Gasteiger partial charge on any atom is 0.326 e. The number of carbonyl (C=O) groups is 2. The van der Waals surface area contributed by atoms with Gasteiger partial charge in [0.15, 0.2) is 0 Å². The molecular weight excluding hydrogens is 320 g/mol. The van der Waals surface area contributed by atoms with Crippen LogP contribution < -0.4 is 10.9 Å². The molecule has 3 N–H and O–H groups in total. The molecule has 0 aliphatic rings. The quantitative estimate of drug-likeness (QED) is 0.716. The molecule has 0 saturated heterocycles. The van der Waals surface area contributed by atoms with Crippen molar-refractivity contribution in [3.05, 3.63) is 69.6 Å². The Morgan fingerprint density at radius 1 is 1.12 bits per heavy atom. The highest BCUT2D eigenvalue weighted by Gasteiger charge is 2.21. The number of hydrogen-bond donors (Lipinski definition) is 3. The van der Waals surface area contributed by atoms with Gasteiger partial charge in [0.2, 0.25) is 5.56 Å². The summed E-state index contributed by atoms with van der Waals surface area (Å²) in [7, 11) is 0. The first-order valence-electron chi connectivity index (χ1n) is 8.16. The van der Waals surface area contributed by atoms with Crippen molar-refractivity contribution in [1.29, 1.82) is 0 Å². The second-order valence-corrected chi connectivity index (χ2v) is 6.41. The van der Waals surface area contributed by atoms with Gasteiger partial charge < -0.3 is 15.4 Å². The van der Waals surface area contributed by atoms with E-state index in [1.807, 2.05) is 32.0 Å². The Kier molecular flexibility index (Phi) is 6.11. The van der Waals surface area contributed by atoms with E-state index in [4.69, 9.17) is 0 Å². The fourth-order valence-corrected chi connectivity index (χ4v) is 2.57. The molecule has 0 bridgehead atoms. The molecular formula is C19H22N2O4. The van der Waals surface area contributed by atoms with Crippen LogP contribution in [0.1, 0.15) is 35.5 Å². The minimum Gasteiger partial charge on any atom is -0.480 e.